The van der Waals surface area contributed by atoms with Crippen LogP contribution in [0.25, 0.3) is 0 Å². The fraction of sp³-hybridized carbons (Fsp3) is 0.600. The predicted molar refractivity (Wildman–Crippen MR) is 81.7 cm³/mol. The molecule has 0 bridgehead atoms. The number of alkyl halides is 3. The van der Waals surface area contributed by atoms with Crippen LogP contribution in [0.2, 0.25) is 0 Å². The highest BCUT2D eigenvalue weighted by molar-refractivity contribution is 8.00. The maximum Gasteiger partial charge on any atom is 0.446 e. The van der Waals surface area contributed by atoms with Gasteiger partial charge >= 0.3 is 5.51 Å². The van der Waals surface area contributed by atoms with Gasteiger partial charge in [-0.3, -0.25) is 0 Å². The van der Waals surface area contributed by atoms with E-state index in [0.717, 1.165) is 25.9 Å². The Morgan fingerprint density at radius 1 is 1.19 bits per heavy atom. The Morgan fingerprint density at radius 2 is 1.81 bits per heavy atom. The van der Waals surface area contributed by atoms with Gasteiger partial charge in [0.2, 0.25) is 0 Å². The average Bonchev–Trinajstić information content (AvgIpc) is 2.40. The monoisotopic (exact) mass is 318 g/mol. The molecule has 21 heavy (non-hydrogen) atoms. The van der Waals surface area contributed by atoms with Crippen molar-refractivity contribution in [3.63, 3.8) is 0 Å². The van der Waals surface area contributed by atoms with E-state index in [1.165, 1.54) is 6.07 Å². The lowest BCUT2D eigenvalue weighted by Gasteiger charge is -2.35. The highest BCUT2D eigenvalue weighted by Crippen LogP contribution is 2.40. The number of piperidine rings is 1. The molecule has 6 heteroatoms. The van der Waals surface area contributed by atoms with Gasteiger partial charge in [-0.2, -0.15) is 13.2 Å². The average molecular weight is 318 g/mol. The van der Waals surface area contributed by atoms with Crippen molar-refractivity contribution in [3.05, 3.63) is 24.3 Å². The van der Waals surface area contributed by atoms with E-state index in [2.05, 4.69) is 24.1 Å². The van der Waals surface area contributed by atoms with Crippen molar-refractivity contribution in [2.24, 2.45) is 0 Å². The predicted octanol–water partition coefficient (Wildman–Crippen LogP) is 4.58. The molecule has 0 saturated carbocycles. The van der Waals surface area contributed by atoms with Crippen LogP contribution in [-0.4, -0.2) is 35.6 Å². The Hall–Kier alpha value is -0.880. The molecular weight excluding hydrogens is 297 g/mol. The van der Waals surface area contributed by atoms with Gasteiger partial charge in [-0.15, -0.1) is 0 Å². The molecule has 1 aromatic carbocycles. The summed E-state index contributed by atoms with van der Waals surface area (Å²) in [6, 6.07) is 7.42. The highest BCUT2D eigenvalue weighted by Gasteiger charge is 2.30. The second-order valence-electron chi connectivity index (χ2n) is 5.59. The summed E-state index contributed by atoms with van der Waals surface area (Å²) >= 11 is -0.0515. The number of nitrogens with zero attached hydrogens (tertiary/aromatic N) is 1. The van der Waals surface area contributed by atoms with Crippen molar-refractivity contribution in [2.45, 2.75) is 49.2 Å². The third-order valence-corrected chi connectivity index (χ3v) is 4.54. The minimum Gasteiger partial charge on any atom is -0.381 e. The molecule has 118 valence electrons. The van der Waals surface area contributed by atoms with Gasteiger partial charge in [0.25, 0.3) is 0 Å². The molecule has 1 heterocycles. The van der Waals surface area contributed by atoms with Crippen LogP contribution in [0.4, 0.5) is 18.9 Å². The van der Waals surface area contributed by atoms with E-state index in [1.54, 1.807) is 18.2 Å². The molecule has 1 aliphatic heterocycles. The molecule has 2 nitrogen and oxygen atoms in total. The van der Waals surface area contributed by atoms with E-state index < -0.39 is 5.51 Å². The number of nitrogens with one attached hydrogen (secondary N) is 1. The number of hydrogen-bond acceptors (Lipinski definition) is 3. The first-order valence-electron chi connectivity index (χ1n) is 7.20. The van der Waals surface area contributed by atoms with Gasteiger partial charge in [0.1, 0.15) is 0 Å². The Balaban J connectivity index is 1.98. The van der Waals surface area contributed by atoms with E-state index in [-0.39, 0.29) is 22.7 Å². The van der Waals surface area contributed by atoms with Crippen LogP contribution in [0.1, 0.15) is 26.7 Å². The van der Waals surface area contributed by atoms with Crippen molar-refractivity contribution < 1.29 is 13.2 Å². The molecule has 0 radical (unpaired) electrons. The molecule has 1 saturated heterocycles. The SMILES string of the molecule is CC(C)N1CCC(Nc2ccccc2SC(F)(F)F)CC1. The number of thioether (sulfide) groups is 1. The van der Waals surface area contributed by atoms with Crippen LogP contribution in [0, 0.1) is 0 Å². The quantitative estimate of drug-likeness (QED) is 0.818. The standard InChI is InChI=1S/C15H21F3N2S/c1-11(2)20-9-7-12(8-10-20)19-13-5-3-4-6-14(13)21-15(16,17)18/h3-6,11-12,19H,7-10H2,1-2H3. The fourth-order valence-corrected chi connectivity index (χ4v) is 3.21. The summed E-state index contributed by atoms with van der Waals surface area (Å²) in [5.41, 5.74) is -3.67. The van der Waals surface area contributed by atoms with Crippen LogP contribution in [0.5, 0.6) is 0 Å². The lowest BCUT2D eigenvalue weighted by Crippen LogP contribution is -2.42. The van der Waals surface area contributed by atoms with Crippen LogP contribution in [-0.2, 0) is 0 Å². The van der Waals surface area contributed by atoms with Crippen molar-refractivity contribution in [2.75, 3.05) is 18.4 Å². The molecule has 0 aliphatic carbocycles. The first-order chi connectivity index (χ1) is 9.85. The molecule has 2 rings (SSSR count). The number of rotatable bonds is 4. The summed E-state index contributed by atoms with van der Waals surface area (Å²) in [6.45, 7) is 6.32. The second-order valence-corrected chi connectivity index (χ2v) is 6.70. The van der Waals surface area contributed by atoms with Crippen molar-refractivity contribution in [1.29, 1.82) is 0 Å². The molecule has 1 aromatic rings. The van der Waals surface area contributed by atoms with Crippen molar-refractivity contribution in [1.82, 2.24) is 4.90 Å². The summed E-state index contributed by atoms with van der Waals surface area (Å²) in [7, 11) is 0. The van der Waals surface area contributed by atoms with Crippen molar-refractivity contribution >= 4 is 17.4 Å². The molecule has 0 amide bonds. The minimum absolute atomic E-state index is 0.0515. The Labute approximate surface area is 128 Å². The topological polar surface area (TPSA) is 15.3 Å². The smallest absolute Gasteiger partial charge is 0.381 e. The molecule has 1 N–H and O–H groups in total. The van der Waals surface area contributed by atoms with Crippen LogP contribution in [0.3, 0.4) is 0 Å². The maximum atomic E-state index is 12.6. The Bertz CT molecular complexity index is 454. The normalized spacial score (nSPS) is 18.2. The molecule has 0 unspecified atom stereocenters. The number of para-hydroxylation sites is 1. The zero-order valence-electron chi connectivity index (χ0n) is 12.3. The molecule has 0 aromatic heterocycles. The van der Waals surface area contributed by atoms with Crippen LogP contribution >= 0.6 is 11.8 Å². The summed E-state index contributed by atoms with van der Waals surface area (Å²) in [5, 5.41) is 3.28. The highest BCUT2D eigenvalue weighted by atomic mass is 32.2. The fourth-order valence-electron chi connectivity index (χ4n) is 2.58. The first kappa shape index (κ1) is 16.5. The molecular formula is C15H21F3N2S. The Kier molecular flexibility index (Phi) is 5.43. The minimum atomic E-state index is -4.25. The number of halogens is 3. The number of likely N-dealkylation sites (tertiary alicyclic amines) is 1. The van der Waals surface area contributed by atoms with Gasteiger partial charge < -0.3 is 10.2 Å². The van der Waals surface area contributed by atoms with E-state index >= 15 is 0 Å². The van der Waals surface area contributed by atoms with E-state index in [1.807, 2.05) is 0 Å². The molecule has 0 atom stereocenters. The van der Waals surface area contributed by atoms with Gasteiger partial charge in [0, 0.05) is 35.8 Å². The number of anilines is 1. The molecule has 1 fully saturated rings. The summed E-state index contributed by atoms with van der Waals surface area (Å²) in [4.78, 5) is 2.64. The van der Waals surface area contributed by atoms with Gasteiger partial charge in [-0.25, -0.2) is 0 Å². The van der Waals surface area contributed by atoms with E-state index in [9.17, 15) is 13.2 Å². The Morgan fingerprint density at radius 3 is 2.38 bits per heavy atom. The summed E-state index contributed by atoms with van der Waals surface area (Å²) < 4.78 is 37.7. The molecule has 0 spiro atoms. The lowest BCUT2D eigenvalue weighted by molar-refractivity contribution is -0.0328. The van der Waals surface area contributed by atoms with Crippen LogP contribution < -0.4 is 5.32 Å². The summed E-state index contributed by atoms with van der Waals surface area (Å²) in [5.74, 6) is 0. The van der Waals surface area contributed by atoms with Crippen molar-refractivity contribution in [3.8, 4) is 0 Å². The number of hydrogen-bond donors (Lipinski definition) is 1. The van der Waals surface area contributed by atoms with Crippen LogP contribution in [0.15, 0.2) is 29.2 Å². The lowest BCUT2D eigenvalue weighted by atomic mass is 10.0. The molecule has 1 aliphatic rings. The third-order valence-electron chi connectivity index (χ3n) is 3.73. The maximum absolute atomic E-state index is 12.6. The van der Waals surface area contributed by atoms with Gasteiger partial charge in [0.15, 0.2) is 0 Å². The van der Waals surface area contributed by atoms with Gasteiger partial charge in [-0.05, 0) is 50.6 Å². The van der Waals surface area contributed by atoms with E-state index in [0.29, 0.717) is 11.7 Å². The third kappa shape index (κ3) is 5.11. The second kappa shape index (κ2) is 6.92. The zero-order valence-corrected chi connectivity index (χ0v) is 13.1. The van der Waals surface area contributed by atoms with Gasteiger partial charge in [0.05, 0.1) is 0 Å². The summed E-state index contributed by atoms with van der Waals surface area (Å²) in [6.07, 6.45) is 1.92. The largest absolute Gasteiger partial charge is 0.446 e. The zero-order chi connectivity index (χ0) is 15.5. The van der Waals surface area contributed by atoms with E-state index in [4.69, 9.17) is 0 Å². The van der Waals surface area contributed by atoms with Gasteiger partial charge in [-0.1, -0.05) is 12.1 Å². The number of benzene rings is 1. The first-order valence-corrected chi connectivity index (χ1v) is 8.02.